The lowest BCUT2D eigenvalue weighted by Crippen LogP contribution is -2.33. The van der Waals surface area contributed by atoms with Crippen molar-refractivity contribution in [2.45, 2.75) is 32.6 Å². The molecule has 0 aromatic carbocycles. The summed E-state index contributed by atoms with van der Waals surface area (Å²) in [5.74, 6) is 0.937. The van der Waals surface area contributed by atoms with Crippen LogP contribution in [0.25, 0.3) is 0 Å². The molecule has 1 aliphatic heterocycles. The summed E-state index contributed by atoms with van der Waals surface area (Å²) in [5.41, 5.74) is 0. The minimum atomic E-state index is -0.215. The topological polar surface area (TPSA) is 75.2 Å². The maximum atomic E-state index is 11.9. The predicted octanol–water partition coefficient (Wildman–Crippen LogP) is 2.55. The molecular formula is C12H18N4O2S2. The van der Waals surface area contributed by atoms with Crippen LogP contribution in [0, 0.1) is 0 Å². The van der Waals surface area contributed by atoms with Gasteiger partial charge in [-0.05, 0) is 12.8 Å². The Hall–Kier alpha value is -1.15. The first-order chi connectivity index (χ1) is 9.63. The Kier molecular flexibility index (Phi) is 5.36. The van der Waals surface area contributed by atoms with Gasteiger partial charge >= 0.3 is 0 Å². The van der Waals surface area contributed by atoms with Gasteiger partial charge in [-0.1, -0.05) is 36.9 Å². The summed E-state index contributed by atoms with van der Waals surface area (Å²) in [6.45, 7) is 4.95. The first kappa shape index (κ1) is 15.2. The molecule has 1 fully saturated rings. The van der Waals surface area contributed by atoms with Crippen molar-refractivity contribution < 1.29 is 9.59 Å². The lowest BCUT2D eigenvalue weighted by Gasteiger charge is -2.12. The summed E-state index contributed by atoms with van der Waals surface area (Å²) >= 11 is 2.66. The van der Waals surface area contributed by atoms with Gasteiger partial charge in [-0.3, -0.25) is 14.9 Å². The van der Waals surface area contributed by atoms with E-state index in [1.165, 1.54) is 23.1 Å². The monoisotopic (exact) mass is 314 g/mol. The van der Waals surface area contributed by atoms with Gasteiger partial charge in [0.15, 0.2) is 0 Å². The molecule has 1 saturated heterocycles. The van der Waals surface area contributed by atoms with Crippen LogP contribution >= 0.6 is 23.1 Å². The molecule has 1 aliphatic rings. The zero-order valence-electron chi connectivity index (χ0n) is 11.6. The quantitative estimate of drug-likeness (QED) is 0.873. The molecule has 0 saturated carbocycles. The number of nitrogens with one attached hydrogen (secondary N) is 1. The van der Waals surface area contributed by atoms with Crippen LogP contribution in [0.1, 0.15) is 37.6 Å². The molecule has 0 bridgehead atoms. The molecule has 8 heteroatoms. The lowest BCUT2D eigenvalue weighted by molar-refractivity contribution is -0.116. The minimum Gasteiger partial charge on any atom is -0.323 e. The summed E-state index contributed by atoms with van der Waals surface area (Å²) in [6.07, 6.45) is 2.02. The molecule has 20 heavy (non-hydrogen) atoms. The van der Waals surface area contributed by atoms with Gasteiger partial charge in [-0.15, -0.1) is 10.2 Å². The fourth-order valence-electron chi connectivity index (χ4n) is 1.99. The summed E-state index contributed by atoms with van der Waals surface area (Å²) in [4.78, 5) is 24.8. The molecular weight excluding hydrogens is 296 g/mol. The Morgan fingerprint density at radius 2 is 2.15 bits per heavy atom. The number of anilines is 1. The van der Waals surface area contributed by atoms with E-state index in [0.717, 1.165) is 23.6 Å². The third-order valence-corrected chi connectivity index (χ3v) is 5.09. The summed E-state index contributed by atoms with van der Waals surface area (Å²) in [7, 11) is 0. The summed E-state index contributed by atoms with van der Waals surface area (Å²) in [5, 5.41) is 12.3. The molecule has 2 amide bonds. The molecule has 0 spiro atoms. The van der Waals surface area contributed by atoms with Gasteiger partial charge in [0.25, 0.3) is 5.24 Å². The first-order valence-corrected chi connectivity index (χ1v) is 8.49. The number of amides is 2. The van der Waals surface area contributed by atoms with E-state index in [1.54, 1.807) is 4.90 Å². The zero-order chi connectivity index (χ0) is 14.5. The van der Waals surface area contributed by atoms with E-state index in [9.17, 15) is 9.59 Å². The van der Waals surface area contributed by atoms with E-state index < -0.39 is 0 Å². The Balaban J connectivity index is 1.89. The van der Waals surface area contributed by atoms with Crippen LogP contribution < -0.4 is 5.32 Å². The fourth-order valence-corrected chi connectivity index (χ4v) is 3.84. The Morgan fingerprint density at radius 1 is 1.40 bits per heavy atom. The molecule has 0 atom stereocenters. The molecule has 110 valence electrons. The highest BCUT2D eigenvalue weighted by Gasteiger charge is 2.23. The molecule has 2 rings (SSSR count). The van der Waals surface area contributed by atoms with Crippen LogP contribution in [0.5, 0.6) is 0 Å². The molecule has 1 aromatic heterocycles. The standard InChI is InChI=1S/C12H18N4O2S2/c1-3-8(4-2)10-14-15-11(20-10)13-9(17)7-16-5-6-19-12(16)18/h8H,3-7H2,1-2H3,(H,13,15,17). The van der Waals surface area contributed by atoms with Crippen molar-refractivity contribution in [1.82, 2.24) is 15.1 Å². The molecule has 0 aliphatic carbocycles. The number of rotatable bonds is 6. The number of aromatic nitrogens is 2. The van der Waals surface area contributed by atoms with Gasteiger partial charge in [0.05, 0.1) is 0 Å². The van der Waals surface area contributed by atoms with E-state index in [4.69, 9.17) is 0 Å². The Bertz CT molecular complexity index is 488. The second-order valence-electron chi connectivity index (χ2n) is 4.54. The molecule has 6 nitrogen and oxygen atoms in total. The smallest absolute Gasteiger partial charge is 0.282 e. The van der Waals surface area contributed by atoms with Crippen molar-refractivity contribution in [1.29, 1.82) is 0 Å². The highest BCUT2D eigenvalue weighted by Crippen LogP contribution is 2.28. The average Bonchev–Trinajstić information content (AvgIpc) is 3.02. The first-order valence-electron chi connectivity index (χ1n) is 6.69. The average molecular weight is 314 g/mol. The number of carbonyl (C=O) groups excluding carboxylic acids is 2. The Labute approximate surface area is 126 Å². The second kappa shape index (κ2) is 7.03. The minimum absolute atomic E-state index is 0.0323. The largest absolute Gasteiger partial charge is 0.323 e. The molecule has 0 radical (unpaired) electrons. The van der Waals surface area contributed by atoms with Gasteiger partial charge in [-0.25, -0.2) is 0 Å². The lowest BCUT2D eigenvalue weighted by atomic mass is 10.1. The molecule has 2 heterocycles. The van der Waals surface area contributed by atoms with E-state index in [0.29, 0.717) is 17.6 Å². The number of carbonyl (C=O) groups is 2. The second-order valence-corrected chi connectivity index (χ2v) is 6.60. The van der Waals surface area contributed by atoms with Gasteiger partial charge in [0.2, 0.25) is 11.0 Å². The molecule has 1 aromatic rings. The maximum absolute atomic E-state index is 11.9. The van der Waals surface area contributed by atoms with Gasteiger partial charge in [0.1, 0.15) is 11.6 Å². The zero-order valence-corrected chi connectivity index (χ0v) is 13.2. The van der Waals surface area contributed by atoms with Crippen molar-refractivity contribution in [2.75, 3.05) is 24.2 Å². The van der Waals surface area contributed by atoms with Crippen molar-refractivity contribution in [3.63, 3.8) is 0 Å². The summed E-state index contributed by atoms with van der Waals surface area (Å²) in [6, 6.07) is 0. The third-order valence-electron chi connectivity index (χ3n) is 3.20. The van der Waals surface area contributed by atoms with Crippen molar-refractivity contribution in [3.8, 4) is 0 Å². The fraction of sp³-hybridized carbons (Fsp3) is 0.667. The van der Waals surface area contributed by atoms with Crippen LogP contribution in [0.4, 0.5) is 9.93 Å². The van der Waals surface area contributed by atoms with E-state index >= 15 is 0 Å². The van der Waals surface area contributed by atoms with Crippen molar-refractivity contribution in [3.05, 3.63) is 5.01 Å². The maximum Gasteiger partial charge on any atom is 0.282 e. The highest BCUT2D eigenvalue weighted by atomic mass is 32.2. The van der Waals surface area contributed by atoms with Crippen LogP contribution in [0.2, 0.25) is 0 Å². The molecule has 1 N–H and O–H groups in total. The van der Waals surface area contributed by atoms with Crippen LogP contribution in [-0.4, -0.2) is 45.1 Å². The third kappa shape index (κ3) is 3.69. The van der Waals surface area contributed by atoms with Gasteiger partial charge in [-0.2, -0.15) is 0 Å². The predicted molar refractivity (Wildman–Crippen MR) is 81.3 cm³/mol. The van der Waals surface area contributed by atoms with E-state index in [-0.39, 0.29) is 17.7 Å². The normalized spacial score (nSPS) is 15.2. The van der Waals surface area contributed by atoms with E-state index in [2.05, 4.69) is 29.4 Å². The number of hydrogen-bond acceptors (Lipinski definition) is 6. The van der Waals surface area contributed by atoms with Crippen LogP contribution in [0.15, 0.2) is 0 Å². The van der Waals surface area contributed by atoms with E-state index in [1.807, 2.05) is 0 Å². The number of thioether (sulfide) groups is 1. The van der Waals surface area contributed by atoms with Crippen LogP contribution in [-0.2, 0) is 4.79 Å². The number of hydrogen-bond donors (Lipinski definition) is 1. The number of nitrogens with zero attached hydrogens (tertiary/aromatic N) is 3. The SMILES string of the molecule is CCC(CC)c1nnc(NC(=O)CN2CCSC2=O)s1. The van der Waals surface area contributed by atoms with Gasteiger partial charge in [0, 0.05) is 18.2 Å². The van der Waals surface area contributed by atoms with Crippen molar-refractivity contribution >= 4 is 39.4 Å². The molecule has 0 unspecified atom stereocenters. The summed E-state index contributed by atoms with van der Waals surface area (Å²) < 4.78 is 0. The van der Waals surface area contributed by atoms with Gasteiger partial charge < -0.3 is 4.90 Å². The van der Waals surface area contributed by atoms with Crippen LogP contribution in [0.3, 0.4) is 0 Å². The highest BCUT2D eigenvalue weighted by molar-refractivity contribution is 8.13. The van der Waals surface area contributed by atoms with Crippen molar-refractivity contribution in [2.24, 2.45) is 0 Å². The Morgan fingerprint density at radius 3 is 2.75 bits per heavy atom.